The summed E-state index contributed by atoms with van der Waals surface area (Å²) in [6.45, 7) is 0. The molecule has 1 aliphatic carbocycles. The van der Waals surface area contributed by atoms with Gasteiger partial charge in [-0.3, -0.25) is 4.79 Å². The zero-order valence-corrected chi connectivity index (χ0v) is 12.5. The molecule has 2 aliphatic rings. The Bertz CT molecular complexity index is 816. The zero-order chi connectivity index (χ0) is 17.5. The Kier molecular flexibility index (Phi) is 3.84. The van der Waals surface area contributed by atoms with E-state index in [1.165, 1.54) is 18.2 Å². The fourth-order valence-corrected chi connectivity index (χ4v) is 3.17. The Morgan fingerprint density at radius 1 is 1.25 bits per heavy atom. The summed E-state index contributed by atoms with van der Waals surface area (Å²) in [5, 5.41) is 9.38. The van der Waals surface area contributed by atoms with Crippen LogP contribution in [-0.2, 0) is 15.7 Å². The molecule has 0 bridgehead atoms. The fourth-order valence-electron chi connectivity index (χ4n) is 3.17. The van der Waals surface area contributed by atoms with Gasteiger partial charge in [0, 0.05) is 18.4 Å². The number of carbonyl (C=O) groups excluding carboxylic acids is 1. The number of carbonyl (C=O) groups is 1. The van der Waals surface area contributed by atoms with E-state index in [0.717, 1.165) is 6.07 Å². The summed E-state index contributed by atoms with van der Waals surface area (Å²) in [5.41, 5.74) is 4.64. The van der Waals surface area contributed by atoms with Crippen molar-refractivity contribution in [1.29, 1.82) is 5.26 Å². The summed E-state index contributed by atoms with van der Waals surface area (Å²) < 4.78 is 45.5. The maximum absolute atomic E-state index is 13.4. The zero-order valence-electron chi connectivity index (χ0n) is 12.5. The second-order valence-corrected chi connectivity index (χ2v) is 5.62. The van der Waals surface area contributed by atoms with Crippen LogP contribution in [0.15, 0.2) is 47.1 Å². The SMILES string of the molecule is N#CC1=C(N)OC2=C(C(=O)CCC2)[C@H]1c1ccccc1C(F)(F)F. The molecular formula is C17H13F3N2O2. The van der Waals surface area contributed by atoms with E-state index < -0.39 is 17.7 Å². The lowest BCUT2D eigenvalue weighted by molar-refractivity contribution is -0.138. The third kappa shape index (κ3) is 2.54. The van der Waals surface area contributed by atoms with Crippen molar-refractivity contribution in [3.8, 4) is 6.07 Å². The third-order valence-corrected chi connectivity index (χ3v) is 4.18. The van der Waals surface area contributed by atoms with Crippen LogP contribution in [-0.4, -0.2) is 5.78 Å². The third-order valence-electron chi connectivity index (χ3n) is 4.18. The van der Waals surface area contributed by atoms with Gasteiger partial charge in [0.15, 0.2) is 5.78 Å². The molecule has 0 radical (unpaired) electrons. The lowest BCUT2D eigenvalue weighted by atomic mass is 9.76. The van der Waals surface area contributed by atoms with E-state index in [1.807, 2.05) is 6.07 Å². The van der Waals surface area contributed by atoms with Crippen LogP contribution in [0.2, 0.25) is 0 Å². The number of benzene rings is 1. The highest BCUT2D eigenvalue weighted by molar-refractivity contribution is 5.99. The Morgan fingerprint density at radius 2 is 1.96 bits per heavy atom. The number of hydrogen-bond donors (Lipinski definition) is 1. The second-order valence-electron chi connectivity index (χ2n) is 5.62. The summed E-state index contributed by atoms with van der Waals surface area (Å²) >= 11 is 0. The average molecular weight is 334 g/mol. The number of nitrogens with zero attached hydrogens (tertiary/aromatic N) is 1. The van der Waals surface area contributed by atoms with Crippen molar-refractivity contribution in [3.63, 3.8) is 0 Å². The van der Waals surface area contributed by atoms with Crippen LogP contribution >= 0.6 is 0 Å². The average Bonchev–Trinajstić information content (AvgIpc) is 2.53. The highest BCUT2D eigenvalue weighted by Crippen LogP contribution is 2.46. The van der Waals surface area contributed by atoms with Crippen molar-refractivity contribution in [2.75, 3.05) is 0 Å². The normalized spacial score (nSPS) is 21.2. The maximum atomic E-state index is 13.4. The van der Waals surface area contributed by atoms with Crippen LogP contribution in [0.5, 0.6) is 0 Å². The first kappa shape index (κ1) is 16.1. The highest BCUT2D eigenvalue weighted by Gasteiger charge is 2.42. The summed E-state index contributed by atoms with van der Waals surface area (Å²) in [6.07, 6.45) is -3.44. The molecule has 3 rings (SSSR count). The Balaban J connectivity index is 2.27. The molecule has 0 aromatic heterocycles. The topological polar surface area (TPSA) is 76.1 Å². The lowest BCUT2D eigenvalue weighted by Crippen LogP contribution is -2.28. The van der Waals surface area contributed by atoms with Crippen LogP contribution < -0.4 is 5.73 Å². The molecular weight excluding hydrogens is 321 g/mol. The number of hydrogen-bond acceptors (Lipinski definition) is 4. The molecule has 124 valence electrons. The number of allylic oxidation sites excluding steroid dienone is 3. The second kappa shape index (κ2) is 5.71. The molecule has 1 aliphatic heterocycles. The van der Waals surface area contributed by atoms with E-state index in [9.17, 15) is 23.2 Å². The quantitative estimate of drug-likeness (QED) is 0.852. The van der Waals surface area contributed by atoms with Gasteiger partial charge in [0.05, 0.1) is 11.5 Å². The Hall–Kier alpha value is -2.75. The van der Waals surface area contributed by atoms with Gasteiger partial charge in [0.2, 0.25) is 5.88 Å². The van der Waals surface area contributed by atoms with Crippen LogP contribution in [0.25, 0.3) is 0 Å². The van der Waals surface area contributed by atoms with Gasteiger partial charge in [-0.1, -0.05) is 18.2 Å². The van der Waals surface area contributed by atoms with Gasteiger partial charge in [-0.15, -0.1) is 0 Å². The number of Topliss-reactive ketones (excluding diaryl/α,β-unsaturated/α-hetero) is 1. The molecule has 0 amide bonds. The number of alkyl halides is 3. The van der Waals surface area contributed by atoms with Gasteiger partial charge in [-0.2, -0.15) is 18.4 Å². The number of ketones is 1. The van der Waals surface area contributed by atoms with Gasteiger partial charge >= 0.3 is 6.18 Å². The van der Waals surface area contributed by atoms with Crippen molar-refractivity contribution >= 4 is 5.78 Å². The van der Waals surface area contributed by atoms with Gasteiger partial charge in [0.25, 0.3) is 0 Å². The molecule has 1 heterocycles. The standard InChI is InChI=1S/C17H13F3N2O2/c18-17(19,20)11-5-2-1-4-9(11)14-10(8-21)16(22)24-13-7-3-6-12(23)15(13)14/h1-2,4-5,14H,3,6-7,22H2/t14-/m0/s1. The molecule has 0 fully saturated rings. The number of nitriles is 1. The van der Waals surface area contributed by atoms with Crippen molar-refractivity contribution < 1.29 is 22.7 Å². The van der Waals surface area contributed by atoms with Crippen molar-refractivity contribution in [2.24, 2.45) is 5.73 Å². The molecule has 0 unspecified atom stereocenters. The van der Waals surface area contributed by atoms with E-state index in [1.54, 1.807) is 0 Å². The predicted octanol–water partition coefficient (Wildman–Crippen LogP) is 3.52. The first-order chi connectivity index (χ1) is 11.3. The number of ether oxygens (including phenoxy) is 1. The monoisotopic (exact) mass is 334 g/mol. The van der Waals surface area contributed by atoms with Gasteiger partial charge in [-0.25, -0.2) is 0 Å². The van der Waals surface area contributed by atoms with E-state index in [2.05, 4.69) is 0 Å². The van der Waals surface area contributed by atoms with Crippen molar-refractivity contribution in [3.05, 3.63) is 58.2 Å². The van der Waals surface area contributed by atoms with E-state index in [4.69, 9.17) is 10.5 Å². The summed E-state index contributed by atoms with van der Waals surface area (Å²) in [4.78, 5) is 12.3. The lowest BCUT2D eigenvalue weighted by Gasteiger charge is -2.32. The summed E-state index contributed by atoms with van der Waals surface area (Å²) in [5.74, 6) is -1.43. The van der Waals surface area contributed by atoms with Crippen LogP contribution in [0.4, 0.5) is 13.2 Å². The molecule has 4 nitrogen and oxygen atoms in total. The summed E-state index contributed by atoms with van der Waals surface area (Å²) in [7, 11) is 0. The predicted molar refractivity (Wildman–Crippen MR) is 78.0 cm³/mol. The number of rotatable bonds is 1. The molecule has 2 N–H and O–H groups in total. The molecule has 0 saturated heterocycles. The van der Waals surface area contributed by atoms with E-state index >= 15 is 0 Å². The van der Waals surface area contributed by atoms with Crippen LogP contribution in [0, 0.1) is 11.3 Å². The Labute approximate surface area is 136 Å². The molecule has 0 saturated carbocycles. The minimum absolute atomic E-state index is 0.115. The molecule has 1 atom stereocenters. The number of nitrogens with two attached hydrogens (primary N) is 1. The van der Waals surface area contributed by atoms with Gasteiger partial charge in [0.1, 0.15) is 17.4 Å². The number of halogens is 3. The van der Waals surface area contributed by atoms with Crippen molar-refractivity contribution in [1.82, 2.24) is 0 Å². The van der Waals surface area contributed by atoms with E-state index in [0.29, 0.717) is 12.8 Å². The smallest absolute Gasteiger partial charge is 0.416 e. The minimum atomic E-state index is -4.61. The van der Waals surface area contributed by atoms with Gasteiger partial charge < -0.3 is 10.5 Å². The molecule has 0 spiro atoms. The molecule has 24 heavy (non-hydrogen) atoms. The van der Waals surface area contributed by atoms with Crippen LogP contribution in [0.1, 0.15) is 36.3 Å². The van der Waals surface area contributed by atoms with E-state index in [-0.39, 0.29) is 40.6 Å². The highest BCUT2D eigenvalue weighted by atomic mass is 19.4. The molecule has 7 heteroatoms. The fraction of sp³-hybridized carbons (Fsp3) is 0.294. The first-order valence-electron chi connectivity index (χ1n) is 7.34. The van der Waals surface area contributed by atoms with Gasteiger partial charge in [-0.05, 0) is 18.1 Å². The molecule has 1 aromatic carbocycles. The summed E-state index contributed by atoms with van der Waals surface area (Å²) in [6, 6.07) is 6.73. The Morgan fingerprint density at radius 3 is 2.62 bits per heavy atom. The minimum Gasteiger partial charge on any atom is -0.444 e. The molecule has 1 aromatic rings. The maximum Gasteiger partial charge on any atom is 0.416 e. The largest absolute Gasteiger partial charge is 0.444 e. The van der Waals surface area contributed by atoms with Crippen molar-refractivity contribution in [2.45, 2.75) is 31.4 Å². The first-order valence-corrected chi connectivity index (χ1v) is 7.34. The van der Waals surface area contributed by atoms with Crippen LogP contribution in [0.3, 0.4) is 0 Å².